The lowest BCUT2D eigenvalue weighted by Gasteiger charge is -2.32. The minimum absolute atomic E-state index is 0.470. The van der Waals surface area contributed by atoms with Crippen molar-refractivity contribution in [3.05, 3.63) is 0 Å². The first kappa shape index (κ1) is 18.1. The minimum atomic E-state index is -4.09. The van der Waals surface area contributed by atoms with Crippen LogP contribution in [0.2, 0.25) is 0 Å². The molecule has 1 heterocycles. The monoisotopic (exact) mass is 308 g/mol. The minimum Gasteiger partial charge on any atom is -0.370 e. The number of piperidine rings is 1. The van der Waals surface area contributed by atoms with E-state index in [0.29, 0.717) is 25.0 Å². The van der Waals surface area contributed by atoms with Gasteiger partial charge in [0.15, 0.2) is 5.96 Å². The number of guanidine groups is 1. The van der Waals surface area contributed by atoms with Crippen molar-refractivity contribution in [1.82, 2.24) is 10.2 Å². The molecule has 1 aliphatic rings. The molecule has 21 heavy (non-hydrogen) atoms. The summed E-state index contributed by atoms with van der Waals surface area (Å²) < 4.78 is 36.8. The van der Waals surface area contributed by atoms with E-state index >= 15 is 0 Å². The van der Waals surface area contributed by atoms with Gasteiger partial charge in [-0.3, -0.25) is 9.89 Å². The lowest BCUT2D eigenvalue weighted by atomic mass is 9.93. The van der Waals surface area contributed by atoms with Crippen molar-refractivity contribution >= 4 is 5.96 Å². The van der Waals surface area contributed by atoms with E-state index < -0.39 is 12.7 Å². The van der Waals surface area contributed by atoms with Crippen LogP contribution >= 0.6 is 0 Å². The van der Waals surface area contributed by atoms with Crippen molar-refractivity contribution in [1.29, 1.82) is 0 Å². The third-order valence-corrected chi connectivity index (χ3v) is 3.76. The fraction of sp³-hybridized carbons (Fsp3) is 0.929. The Morgan fingerprint density at radius 3 is 2.57 bits per heavy atom. The summed E-state index contributed by atoms with van der Waals surface area (Å²) in [5.74, 6) is 0.948. The zero-order chi connectivity index (χ0) is 15.7. The highest BCUT2D eigenvalue weighted by Crippen LogP contribution is 2.23. The maximum Gasteiger partial charge on any atom is 0.401 e. The quantitative estimate of drug-likeness (QED) is 0.431. The van der Waals surface area contributed by atoms with Crippen LogP contribution in [0.15, 0.2) is 4.99 Å². The second kappa shape index (κ2) is 9.12. The summed E-state index contributed by atoms with van der Waals surface area (Å²) >= 11 is 0. The van der Waals surface area contributed by atoms with Crippen molar-refractivity contribution in [3.8, 4) is 0 Å². The van der Waals surface area contributed by atoms with Gasteiger partial charge in [-0.15, -0.1) is 0 Å². The van der Waals surface area contributed by atoms with Crippen LogP contribution in [0.25, 0.3) is 0 Å². The average Bonchev–Trinajstić information content (AvgIpc) is 2.39. The summed E-state index contributed by atoms with van der Waals surface area (Å²) in [6.07, 6.45) is 0.615. The maximum absolute atomic E-state index is 12.3. The van der Waals surface area contributed by atoms with E-state index in [4.69, 9.17) is 5.73 Å². The largest absolute Gasteiger partial charge is 0.401 e. The molecule has 1 rings (SSSR count). The van der Waals surface area contributed by atoms with E-state index in [1.54, 1.807) is 0 Å². The third-order valence-electron chi connectivity index (χ3n) is 3.76. The Kier molecular flexibility index (Phi) is 7.85. The normalized spacial score (nSPS) is 19.0. The Labute approximate surface area is 125 Å². The molecule has 1 saturated heterocycles. The van der Waals surface area contributed by atoms with E-state index in [1.165, 1.54) is 4.90 Å². The molecule has 3 N–H and O–H groups in total. The highest BCUT2D eigenvalue weighted by molar-refractivity contribution is 5.77. The van der Waals surface area contributed by atoms with Crippen LogP contribution in [-0.4, -0.2) is 49.8 Å². The van der Waals surface area contributed by atoms with Gasteiger partial charge in [-0.05, 0) is 44.7 Å². The fourth-order valence-corrected chi connectivity index (χ4v) is 2.50. The molecular weight excluding hydrogens is 281 g/mol. The summed E-state index contributed by atoms with van der Waals surface area (Å²) in [4.78, 5) is 5.69. The maximum atomic E-state index is 12.3. The van der Waals surface area contributed by atoms with Gasteiger partial charge in [0.2, 0.25) is 0 Å². The standard InChI is InChI=1S/C14H27F3N4/c1-2-3-7-19-13(18)20-8-4-12-5-9-21(10-6-12)11-14(15,16)17/h12H,2-11H2,1H3,(H3,18,19,20). The molecule has 124 valence electrons. The first-order chi connectivity index (χ1) is 9.90. The molecule has 0 atom stereocenters. The number of nitrogens with zero attached hydrogens (tertiary/aromatic N) is 2. The van der Waals surface area contributed by atoms with E-state index in [-0.39, 0.29) is 0 Å². The molecule has 0 radical (unpaired) electrons. The average molecular weight is 308 g/mol. The van der Waals surface area contributed by atoms with Crippen molar-refractivity contribution in [2.24, 2.45) is 16.6 Å². The third kappa shape index (κ3) is 8.80. The van der Waals surface area contributed by atoms with Crippen LogP contribution in [0.1, 0.15) is 39.0 Å². The molecule has 0 unspecified atom stereocenters. The number of halogens is 3. The number of unbranched alkanes of at least 4 members (excludes halogenated alkanes) is 1. The summed E-state index contributed by atoms with van der Waals surface area (Å²) in [5.41, 5.74) is 5.73. The number of nitrogens with two attached hydrogens (primary N) is 1. The molecule has 4 nitrogen and oxygen atoms in total. The number of hydrogen-bond acceptors (Lipinski definition) is 2. The van der Waals surface area contributed by atoms with Crippen LogP contribution in [-0.2, 0) is 0 Å². The molecule has 0 spiro atoms. The van der Waals surface area contributed by atoms with E-state index in [2.05, 4.69) is 17.2 Å². The lowest BCUT2D eigenvalue weighted by Crippen LogP contribution is -2.41. The van der Waals surface area contributed by atoms with Gasteiger partial charge in [0, 0.05) is 13.1 Å². The predicted molar refractivity (Wildman–Crippen MR) is 79.2 cm³/mol. The number of rotatable bonds is 7. The summed E-state index contributed by atoms with van der Waals surface area (Å²) in [6, 6.07) is 0. The SMILES string of the molecule is CCCCN=C(N)NCCC1CCN(CC(F)(F)F)CC1. The zero-order valence-corrected chi connectivity index (χ0v) is 12.8. The van der Waals surface area contributed by atoms with Crippen LogP contribution in [0, 0.1) is 5.92 Å². The van der Waals surface area contributed by atoms with Crippen LogP contribution in [0.5, 0.6) is 0 Å². The Balaban J connectivity index is 2.12. The van der Waals surface area contributed by atoms with Gasteiger partial charge < -0.3 is 11.1 Å². The summed E-state index contributed by atoms with van der Waals surface area (Å²) in [5, 5.41) is 3.07. The van der Waals surface area contributed by atoms with Gasteiger partial charge in [-0.2, -0.15) is 13.2 Å². The molecule has 0 amide bonds. The summed E-state index contributed by atoms with van der Waals surface area (Å²) in [6.45, 7) is 3.87. The van der Waals surface area contributed by atoms with Crippen LogP contribution in [0.4, 0.5) is 13.2 Å². The van der Waals surface area contributed by atoms with Gasteiger partial charge in [0.05, 0.1) is 6.54 Å². The molecule has 0 aliphatic carbocycles. The second-order valence-corrected chi connectivity index (χ2v) is 5.67. The smallest absolute Gasteiger partial charge is 0.370 e. The molecular formula is C14H27F3N4. The number of nitrogens with one attached hydrogen (secondary N) is 1. The molecule has 7 heteroatoms. The zero-order valence-electron chi connectivity index (χ0n) is 12.8. The molecule has 0 aromatic rings. The van der Waals surface area contributed by atoms with Crippen molar-refractivity contribution in [3.63, 3.8) is 0 Å². The number of hydrogen-bond donors (Lipinski definition) is 2. The highest BCUT2D eigenvalue weighted by Gasteiger charge is 2.32. The molecule has 1 aliphatic heterocycles. The number of likely N-dealkylation sites (tertiary alicyclic amines) is 1. The number of aliphatic imine (C=N–C) groups is 1. The molecule has 0 aromatic carbocycles. The predicted octanol–water partition coefficient (Wildman–Crippen LogP) is 2.36. The van der Waals surface area contributed by atoms with Crippen LogP contribution < -0.4 is 11.1 Å². The van der Waals surface area contributed by atoms with Gasteiger partial charge >= 0.3 is 6.18 Å². The van der Waals surface area contributed by atoms with Crippen molar-refractivity contribution in [2.75, 3.05) is 32.7 Å². The molecule has 0 bridgehead atoms. The van der Waals surface area contributed by atoms with Crippen molar-refractivity contribution < 1.29 is 13.2 Å². The topological polar surface area (TPSA) is 53.6 Å². The first-order valence-electron chi connectivity index (χ1n) is 7.73. The van der Waals surface area contributed by atoms with Gasteiger partial charge in [0.1, 0.15) is 0 Å². The van der Waals surface area contributed by atoms with Gasteiger partial charge in [-0.25, -0.2) is 0 Å². The highest BCUT2D eigenvalue weighted by atomic mass is 19.4. The van der Waals surface area contributed by atoms with Gasteiger partial charge in [-0.1, -0.05) is 13.3 Å². The molecule has 0 aromatic heterocycles. The fourth-order valence-electron chi connectivity index (χ4n) is 2.50. The van der Waals surface area contributed by atoms with Crippen molar-refractivity contribution in [2.45, 2.75) is 45.2 Å². The number of alkyl halides is 3. The van der Waals surface area contributed by atoms with Gasteiger partial charge in [0.25, 0.3) is 0 Å². The molecule has 0 saturated carbocycles. The Morgan fingerprint density at radius 1 is 1.33 bits per heavy atom. The van der Waals surface area contributed by atoms with E-state index in [1.807, 2.05) is 0 Å². The second-order valence-electron chi connectivity index (χ2n) is 5.67. The Bertz CT molecular complexity index is 310. The Hall–Kier alpha value is -0.980. The van der Waals surface area contributed by atoms with Crippen LogP contribution in [0.3, 0.4) is 0 Å². The molecule has 1 fully saturated rings. The Morgan fingerprint density at radius 2 is 2.00 bits per heavy atom. The van der Waals surface area contributed by atoms with E-state index in [0.717, 1.165) is 45.2 Å². The van der Waals surface area contributed by atoms with E-state index in [9.17, 15) is 13.2 Å². The lowest BCUT2D eigenvalue weighted by molar-refractivity contribution is -0.148. The first-order valence-corrected chi connectivity index (χ1v) is 7.73. The summed E-state index contributed by atoms with van der Waals surface area (Å²) in [7, 11) is 0.